The highest BCUT2D eigenvalue weighted by atomic mass is 16.6. The van der Waals surface area contributed by atoms with Crippen LogP contribution < -0.4 is 0 Å². The second-order valence-electron chi connectivity index (χ2n) is 3.48. The van der Waals surface area contributed by atoms with Crippen molar-refractivity contribution in [2.75, 3.05) is 7.11 Å². The second-order valence-corrected chi connectivity index (χ2v) is 3.48. The summed E-state index contributed by atoms with van der Waals surface area (Å²) in [5.41, 5.74) is -0.0000702. The predicted octanol–water partition coefficient (Wildman–Crippen LogP) is 1.28. The largest absolute Gasteiger partial charge is 0.507 e. The van der Waals surface area contributed by atoms with Crippen molar-refractivity contribution in [2.45, 2.75) is 13.0 Å². The van der Waals surface area contributed by atoms with Gasteiger partial charge in [0.25, 0.3) is 5.69 Å². The fourth-order valence-corrected chi connectivity index (χ4v) is 1.18. The van der Waals surface area contributed by atoms with Gasteiger partial charge >= 0.3 is 5.97 Å². The van der Waals surface area contributed by atoms with E-state index in [0.29, 0.717) is 0 Å². The fraction of sp³-hybridized carbons (Fsp3) is 0.273. The monoisotopic (exact) mass is 252 g/mol. The Kier molecular flexibility index (Phi) is 4.36. The third-order valence-electron chi connectivity index (χ3n) is 2.20. The number of methoxy groups -OCH3 is 1. The van der Waals surface area contributed by atoms with Crippen LogP contribution in [0.3, 0.4) is 0 Å². The van der Waals surface area contributed by atoms with E-state index in [4.69, 9.17) is 0 Å². The Balaban J connectivity index is 2.96. The number of nitrogens with zero attached hydrogens (tertiary/aromatic N) is 2. The first-order valence-corrected chi connectivity index (χ1v) is 5.04. The molecule has 0 aliphatic heterocycles. The average Bonchev–Trinajstić information content (AvgIpc) is 2.36. The van der Waals surface area contributed by atoms with Crippen molar-refractivity contribution in [1.82, 2.24) is 0 Å². The molecule has 0 bridgehead atoms. The first kappa shape index (κ1) is 13.6. The van der Waals surface area contributed by atoms with Crippen LogP contribution in [0.5, 0.6) is 5.75 Å². The number of hydrogen-bond acceptors (Lipinski definition) is 6. The molecule has 7 heteroatoms. The molecular formula is C11H12N2O5. The minimum absolute atomic E-state index is 0.151. The first-order chi connectivity index (χ1) is 8.45. The Morgan fingerprint density at radius 2 is 2.28 bits per heavy atom. The van der Waals surface area contributed by atoms with E-state index in [1.807, 2.05) is 0 Å². The van der Waals surface area contributed by atoms with Crippen LogP contribution in [-0.2, 0) is 9.53 Å². The molecule has 7 nitrogen and oxygen atoms in total. The molecule has 0 fully saturated rings. The lowest BCUT2D eigenvalue weighted by Crippen LogP contribution is -2.16. The highest BCUT2D eigenvalue weighted by molar-refractivity contribution is 5.87. The Bertz CT molecular complexity index is 498. The molecule has 0 spiro atoms. The van der Waals surface area contributed by atoms with Gasteiger partial charge in [-0.1, -0.05) is 0 Å². The standard InChI is InChI=1S/C11H12N2O5/c1-7(11(15)18-2)12-6-8-5-9(13(16)17)3-4-10(8)14/h3-7,14H,1-2H3/t7-/m0/s1. The summed E-state index contributed by atoms with van der Waals surface area (Å²) in [6.45, 7) is 1.51. The molecule has 1 rings (SSSR count). The number of hydrogen-bond donors (Lipinski definition) is 1. The zero-order chi connectivity index (χ0) is 13.7. The van der Waals surface area contributed by atoms with E-state index in [-0.39, 0.29) is 17.0 Å². The van der Waals surface area contributed by atoms with E-state index in [1.54, 1.807) is 0 Å². The second kappa shape index (κ2) is 5.76. The maximum atomic E-state index is 11.1. The maximum Gasteiger partial charge on any atom is 0.330 e. The number of ether oxygens (including phenoxy) is 1. The lowest BCUT2D eigenvalue weighted by Gasteiger charge is -2.03. The minimum Gasteiger partial charge on any atom is -0.507 e. The number of non-ortho nitro benzene ring substituents is 1. The molecule has 18 heavy (non-hydrogen) atoms. The molecule has 0 aliphatic carbocycles. The van der Waals surface area contributed by atoms with Crippen molar-refractivity contribution < 1.29 is 19.6 Å². The first-order valence-electron chi connectivity index (χ1n) is 5.04. The van der Waals surface area contributed by atoms with Gasteiger partial charge in [0.05, 0.1) is 12.0 Å². The Morgan fingerprint density at radius 1 is 1.61 bits per heavy atom. The number of carbonyl (C=O) groups is 1. The number of phenols is 1. The summed E-state index contributed by atoms with van der Waals surface area (Å²) in [6, 6.07) is 2.80. The van der Waals surface area contributed by atoms with Gasteiger partial charge in [-0.2, -0.15) is 0 Å². The quantitative estimate of drug-likeness (QED) is 0.376. The van der Waals surface area contributed by atoms with E-state index < -0.39 is 16.9 Å². The molecule has 0 unspecified atom stereocenters. The number of aromatic hydroxyl groups is 1. The third kappa shape index (κ3) is 3.27. The molecule has 1 N–H and O–H groups in total. The topological polar surface area (TPSA) is 102 Å². The van der Waals surface area contributed by atoms with E-state index in [2.05, 4.69) is 9.73 Å². The molecule has 0 amide bonds. The van der Waals surface area contributed by atoms with Crippen LogP contribution in [0.15, 0.2) is 23.2 Å². The van der Waals surface area contributed by atoms with Crippen molar-refractivity contribution >= 4 is 17.9 Å². The highest BCUT2D eigenvalue weighted by Crippen LogP contribution is 2.21. The van der Waals surface area contributed by atoms with Crippen LogP contribution in [0.25, 0.3) is 0 Å². The van der Waals surface area contributed by atoms with Crippen molar-refractivity contribution in [3.63, 3.8) is 0 Å². The number of rotatable bonds is 4. The van der Waals surface area contributed by atoms with Crippen molar-refractivity contribution in [1.29, 1.82) is 0 Å². The summed E-state index contributed by atoms with van der Waals surface area (Å²) < 4.78 is 4.47. The average molecular weight is 252 g/mol. The van der Waals surface area contributed by atoms with Crippen LogP contribution in [0.1, 0.15) is 12.5 Å². The Labute approximate surface area is 103 Å². The minimum atomic E-state index is -0.742. The van der Waals surface area contributed by atoms with Gasteiger partial charge in [-0.15, -0.1) is 0 Å². The van der Waals surface area contributed by atoms with Gasteiger partial charge in [-0.25, -0.2) is 4.79 Å². The number of nitro benzene ring substituents is 1. The van der Waals surface area contributed by atoms with Gasteiger partial charge in [-0.3, -0.25) is 15.1 Å². The van der Waals surface area contributed by atoms with E-state index in [9.17, 15) is 20.0 Å². The molecule has 1 aromatic rings. The van der Waals surface area contributed by atoms with Gasteiger partial charge in [0.1, 0.15) is 11.8 Å². The summed E-state index contributed by atoms with van der Waals surface area (Å²) in [5, 5.41) is 20.1. The van der Waals surface area contributed by atoms with Crippen LogP contribution in [0.2, 0.25) is 0 Å². The number of esters is 1. The van der Waals surface area contributed by atoms with E-state index in [1.165, 1.54) is 38.4 Å². The Morgan fingerprint density at radius 3 is 2.83 bits per heavy atom. The molecule has 1 atom stereocenters. The SMILES string of the molecule is COC(=O)[C@H](C)N=Cc1cc([N+](=O)[O-])ccc1O. The van der Waals surface area contributed by atoms with E-state index >= 15 is 0 Å². The van der Waals surface area contributed by atoms with Gasteiger partial charge in [-0.05, 0) is 13.0 Å². The summed E-state index contributed by atoms with van der Waals surface area (Å²) in [7, 11) is 1.24. The van der Waals surface area contributed by atoms with Gasteiger partial charge < -0.3 is 9.84 Å². The normalized spacial score (nSPS) is 12.3. The highest BCUT2D eigenvalue weighted by Gasteiger charge is 2.12. The predicted molar refractivity (Wildman–Crippen MR) is 63.8 cm³/mol. The van der Waals surface area contributed by atoms with E-state index in [0.717, 1.165) is 0 Å². The lowest BCUT2D eigenvalue weighted by molar-refractivity contribution is -0.384. The van der Waals surface area contributed by atoms with Crippen molar-refractivity contribution in [3.05, 3.63) is 33.9 Å². The third-order valence-corrected chi connectivity index (χ3v) is 2.20. The number of nitro groups is 1. The van der Waals surface area contributed by atoms with Gasteiger partial charge in [0.2, 0.25) is 0 Å². The summed E-state index contributed by atoms with van der Waals surface area (Å²) >= 11 is 0. The number of aliphatic imine (C=N–C) groups is 1. The zero-order valence-corrected chi connectivity index (χ0v) is 9.86. The molecule has 0 heterocycles. The summed E-state index contributed by atoms with van der Waals surface area (Å²) in [4.78, 5) is 24.9. The van der Waals surface area contributed by atoms with Crippen LogP contribution >= 0.6 is 0 Å². The van der Waals surface area contributed by atoms with Crippen LogP contribution in [0, 0.1) is 10.1 Å². The molecule has 0 aliphatic rings. The summed E-state index contributed by atoms with van der Waals surface area (Å²) in [5.74, 6) is -0.683. The van der Waals surface area contributed by atoms with Crippen molar-refractivity contribution in [2.24, 2.45) is 4.99 Å². The summed E-state index contributed by atoms with van der Waals surface area (Å²) in [6.07, 6.45) is 1.20. The molecule has 0 radical (unpaired) electrons. The van der Waals surface area contributed by atoms with Crippen LogP contribution in [0.4, 0.5) is 5.69 Å². The Hall–Kier alpha value is -2.44. The molecule has 96 valence electrons. The molecule has 0 saturated carbocycles. The zero-order valence-electron chi connectivity index (χ0n) is 9.86. The number of carbonyl (C=O) groups excluding carboxylic acids is 1. The van der Waals surface area contributed by atoms with Gasteiger partial charge in [0, 0.05) is 23.9 Å². The van der Waals surface area contributed by atoms with Crippen molar-refractivity contribution in [3.8, 4) is 5.75 Å². The smallest absolute Gasteiger partial charge is 0.330 e. The lowest BCUT2D eigenvalue weighted by atomic mass is 10.2. The number of benzene rings is 1. The fourth-order valence-electron chi connectivity index (χ4n) is 1.18. The maximum absolute atomic E-state index is 11.1. The number of phenolic OH excluding ortho intramolecular Hbond substituents is 1. The molecular weight excluding hydrogens is 240 g/mol. The van der Waals surface area contributed by atoms with Gasteiger partial charge in [0.15, 0.2) is 0 Å². The molecule has 0 aromatic heterocycles. The molecule has 1 aromatic carbocycles. The van der Waals surface area contributed by atoms with Crippen LogP contribution in [-0.4, -0.2) is 35.4 Å². The molecule has 0 saturated heterocycles.